The van der Waals surface area contributed by atoms with Crippen LogP contribution in [0.2, 0.25) is 5.02 Å². The van der Waals surface area contributed by atoms with E-state index in [-0.39, 0.29) is 5.78 Å². The fraction of sp³-hybridized carbons (Fsp3) is 0.118. The van der Waals surface area contributed by atoms with Gasteiger partial charge in [-0.15, -0.1) is 0 Å². The first-order chi connectivity index (χ1) is 9.99. The molecule has 4 heteroatoms. The van der Waals surface area contributed by atoms with E-state index in [1.54, 1.807) is 18.2 Å². The Kier molecular flexibility index (Phi) is 3.22. The standard InChI is InChI=1S/C17H15ClN2O/c1-10-6-7-11-13(9-20(2)15(11)8-10)17(21)12-4-3-5-14(19)16(12)18/h3-9H,19H2,1-2H3. The molecule has 21 heavy (non-hydrogen) atoms. The third-order valence-electron chi connectivity index (χ3n) is 3.66. The lowest BCUT2D eigenvalue weighted by Crippen LogP contribution is -2.03. The van der Waals surface area contributed by atoms with Crippen molar-refractivity contribution >= 4 is 34.0 Å². The number of halogens is 1. The summed E-state index contributed by atoms with van der Waals surface area (Å²) in [7, 11) is 1.93. The summed E-state index contributed by atoms with van der Waals surface area (Å²) in [6.07, 6.45) is 1.84. The molecule has 0 aliphatic carbocycles. The molecule has 3 rings (SSSR count). The molecule has 2 aromatic carbocycles. The number of nitrogens with zero attached hydrogens (tertiary/aromatic N) is 1. The highest BCUT2D eigenvalue weighted by Crippen LogP contribution is 2.29. The van der Waals surface area contributed by atoms with Crippen molar-refractivity contribution in [3.8, 4) is 0 Å². The normalized spacial score (nSPS) is 11.0. The average molecular weight is 299 g/mol. The highest BCUT2D eigenvalue weighted by Gasteiger charge is 2.19. The Morgan fingerprint density at radius 2 is 1.95 bits per heavy atom. The van der Waals surface area contributed by atoms with Gasteiger partial charge in [-0.2, -0.15) is 0 Å². The van der Waals surface area contributed by atoms with Crippen LogP contribution >= 0.6 is 11.6 Å². The summed E-state index contributed by atoms with van der Waals surface area (Å²) >= 11 is 6.17. The fourth-order valence-electron chi connectivity index (χ4n) is 2.55. The minimum atomic E-state index is -0.109. The topological polar surface area (TPSA) is 48.0 Å². The molecule has 3 nitrogen and oxygen atoms in total. The van der Waals surface area contributed by atoms with Crippen molar-refractivity contribution in [3.05, 3.63) is 64.3 Å². The van der Waals surface area contributed by atoms with E-state index in [9.17, 15) is 4.79 Å². The fourth-order valence-corrected chi connectivity index (χ4v) is 2.76. The summed E-state index contributed by atoms with van der Waals surface area (Å²) in [5, 5.41) is 1.23. The van der Waals surface area contributed by atoms with Crippen molar-refractivity contribution in [2.75, 3.05) is 5.73 Å². The molecule has 3 aromatic rings. The minimum absolute atomic E-state index is 0.109. The molecule has 0 saturated heterocycles. The van der Waals surface area contributed by atoms with E-state index in [1.165, 1.54) is 0 Å². The molecule has 0 atom stereocenters. The first-order valence-corrected chi connectivity index (χ1v) is 7.01. The van der Waals surface area contributed by atoms with Gasteiger partial charge in [0.2, 0.25) is 0 Å². The number of carbonyl (C=O) groups excluding carboxylic acids is 1. The van der Waals surface area contributed by atoms with E-state index in [4.69, 9.17) is 17.3 Å². The van der Waals surface area contributed by atoms with Crippen LogP contribution in [0.3, 0.4) is 0 Å². The molecule has 0 unspecified atom stereocenters. The van der Waals surface area contributed by atoms with Gasteiger partial charge < -0.3 is 10.3 Å². The minimum Gasteiger partial charge on any atom is -0.398 e. The molecule has 2 N–H and O–H groups in total. The number of nitrogen functional groups attached to an aromatic ring is 1. The number of aryl methyl sites for hydroxylation is 2. The van der Waals surface area contributed by atoms with E-state index in [0.717, 1.165) is 16.5 Å². The van der Waals surface area contributed by atoms with E-state index >= 15 is 0 Å². The summed E-state index contributed by atoms with van der Waals surface area (Å²) in [5.74, 6) is -0.109. The van der Waals surface area contributed by atoms with Crippen molar-refractivity contribution in [3.63, 3.8) is 0 Å². The van der Waals surface area contributed by atoms with Crippen LogP contribution < -0.4 is 5.73 Å². The Morgan fingerprint density at radius 3 is 2.71 bits per heavy atom. The van der Waals surface area contributed by atoms with Crippen molar-refractivity contribution in [1.82, 2.24) is 4.57 Å². The number of nitrogens with two attached hydrogens (primary N) is 1. The molecule has 0 fully saturated rings. The second-order valence-electron chi connectivity index (χ2n) is 5.21. The molecule has 0 aliphatic rings. The van der Waals surface area contributed by atoms with Crippen molar-refractivity contribution in [1.29, 1.82) is 0 Å². The number of anilines is 1. The highest BCUT2D eigenvalue weighted by molar-refractivity contribution is 6.37. The molecule has 0 saturated carbocycles. The van der Waals surface area contributed by atoms with Crippen LogP contribution in [0, 0.1) is 6.92 Å². The lowest BCUT2D eigenvalue weighted by atomic mass is 10.0. The summed E-state index contributed by atoms with van der Waals surface area (Å²) in [6, 6.07) is 11.2. The lowest BCUT2D eigenvalue weighted by Gasteiger charge is -2.05. The Hall–Kier alpha value is -2.26. The zero-order valence-electron chi connectivity index (χ0n) is 11.9. The van der Waals surface area contributed by atoms with Crippen molar-refractivity contribution in [2.45, 2.75) is 6.92 Å². The molecule has 0 radical (unpaired) electrons. The van der Waals surface area contributed by atoms with E-state index in [2.05, 4.69) is 6.07 Å². The van der Waals surface area contributed by atoms with Gasteiger partial charge in [0.1, 0.15) is 0 Å². The first-order valence-electron chi connectivity index (χ1n) is 6.63. The first kappa shape index (κ1) is 13.7. The smallest absolute Gasteiger partial charge is 0.196 e. The van der Waals surface area contributed by atoms with Gasteiger partial charge in [-0.1, -0.05) is 29.8 Å². The molecular formula is C17H15ClN2O. The SMILES string of the molecule is Cc1ccc2c(C(=O)c3cccc(N)c3Cl)cn(C)c2c1. The number of benzene rings is 2. The maximum atomic E-state index is 12.8. The quantitative estimate of drug-likeness (QED) is 0.575. The van der Waals surface area contributed by atoms with E-state index < -0.39 is 0 Å². The van der Waals surface area contributed by atoms with Crippen LogP contribution in [0.15, 0.2) is 42.6 Å². The van der Waals surface area contributed by atoms with E-state index in [0.29, 0.717) is 21.8 Å². The third kappa shape index (κ3) is 2.20. The molecule has 106 valence electrons. The molecule has 0 bridgehead atoms. The van der Waals surface area contributed by atoms with Crippen molar-refractivity contribution < 1.29 is 4.79 Å². The largest absolute Gasteiger partial charge is 0.398 e. The van der Waals surface area contributed by atoms with Crippen LogP contribution in [-0.2, 0) is 7.05 Å². The number of fused-ring (bicyclic) bond motifs is 1. The Bertz CT molecular complexity index is 865. The van der Waals surface area contributed by atoms with Crippen LogP contribution in [-0.4, -0.2) is 10.4 Å². The predicted octanol–water partition coefficient (Wildman–Crippen LogP) is 3.95. The number of hydrogen-bond donors (Lipinski definition) is 1. The van der Waals surface area contributed by atoms with Crippen LogP contribution in [0.1, 0.15) is 21.5 Å². The zero-order valence-corrected chi connectivity index (χ0v) is 12.6. The zero-order chi connectivity index (χ0) is 15.1. The summed E-state index contributed by atoms with van der Waals surface area (Å²) in [4.78, 5) is 12.8. The predicted molar refractivity (Wildman–Crippen MR) is 87.0 cm³/mol. The van der Waals surface area contributed by atoms with Gasteiger partial charge in [0, 0.05) is 35.3 Å². The van der Waals surface area contributed by atoms with Gasteiger partial charge in [-0.25, -0.2) is 0 Å². The van der Waals surface area contributed by atoms with Crippen LogP contribution in [0.5, 0.6) is 0 Å². The van der Waals surface area contributed by atoms with Crippen LogP contribution in [0.25, 0.3) is 10.9 Å². The highest BCUT2D eigenvalue weighted by atomic mass is 35.5. The molecule has 1 aromatic heterocycles. The van der Waals surface area contributed by atoms with Gasteiger partial charge >= 0.3 is 0 Å². The van der Waals surface area contributed by atoms with Crippen LogP contribution in [0.4, 0.5) is 5.69 Å². The lowest BCUT2D eigenvalue weighted by molar-refractivity contribution is 0.104. The Morgan fingerprint density at radius 1 is 1.19 bits per heavy atom. The second-order valence-corrected chi connectivity index (χ2v) is 5.59. The monoisotopic (exact) mass is 298 g/mol. The number of aromatic nitrogens is 1. The molecule has 0 aliphatic heterocycles. The van der Waals surface area contributed by atoms with Gasteiger partial charge in [-0.3, -0.25) is 4.79 Å². The second kappa shape index (κ2) is 4.93. The number of carbonyl (C=O) groups is 1. The summed E-state index contributed by atoms with van der Waals surface area (Å²) < 4.78 is 1.95. The van der Waals surface area contributed by atoms with Crippen molar-refractivity contribution in [2.24, 2.45) is 7.05 Å². The number of rotatable bonds is 2. The Labute approximate surface area is 127 Å². The molecule has 0 amide bonds. The summed E-state index contributed by atoms with van der Waals surface area (Å²) in [6.45, 7) is 2.03. The Balaban J connectivity index is 2.21. The van der Waals surface area contributed by atoms with Gasteiger partial charge in [0.25, 0.3) is 0 Å². The molecule has 0 spiro atoms. The molecule has 1 heterocycles. The van der Waals surface area contributed by atoms with Gasteiger partial charge in [0.05, 0.1) is 10.7 Å². The third-order valence-corrected chi connectivity index (χ3v) is 4.09. The average Bonchev–Trinajstić information content (AvgIpc) is 2.78. The van der Waals surface area contributed by atoms with E-state index in [1.807, 2.05) is 36.9 Å². The number of hydrogen-bond acceptors (Lipinski definition) is 2. The summed E-state index contributed by atoms with van der Waals surface area (Å²) in [5.41, 5.74) is 9.46. The molecular weight excluding hydrogens is 284 g/mol. The van der Waals surface area contributed by atoms with Gasteiger partial charge in [-0.05, 0) is 30.7 Å². The number of ketones is 1. The maximum absolute atomic E-state index is 12.8. The van der Waals surface area contributed by atoms with Gasteiger partial charge in [0.15, 0.2) is 5.78 Å². The maximum Gasteiger partial charge on any atom is 0.196 e.